The van der Waals surface area contributed by atoms with Crippen LogP contribution in [0, 0.1) is 0 Å². The molecule has 2 aromatic rings. The summed E-state index contributed by atoms with van der Waals surface area (Å²) >= 11 is 0. The molecule has 0 radical (unpaired) electrons. The third kappa shape index (κ3) is 3.92. The Kier molecular flexibility index (Phi) is 5.80. The summed E-state index contributed by atoms with van der Waals surface area (Å²) in [5.41, 5.74) is -1.33. The van der Waals surface area contributed by atoms with Crippen molar-refractivity contribution in [2.75, 3.05) is 12.4 Å². The first-order valence-corrected chi connectivity index (χ1v) is 9.44. The number of methoxy groups -OCH3 is 1. The first kappa shape index (κ1) is 20.0. The number of Topliss-reactive ketones (excluding diaryl/α,β-unsaturated/α-hetero) is 1. The summed E-state index contributed by atoms with van der Waals surface area (Å²) in [6.45, 7) is 3.05. The van der Waals surface area contributed by atoms with Crippen LogP contribution in [0.15, 0.2) is 41.3 Å². The number of amides is 1. The van der Waals surface area contributed by atoms with E-state index in [4.69, 9.17) is 4.74 Å². The minimum absolute atomic E-state index is 0.0548. The molecule has 0 saturated carbocycles. The van der Waals surface area contributed by atoms with Gasteiger partial charge in [0.05, 0.1) is 12.1 Å². The normalized spacial score (nSPS) is 14.0. The van der Waals surface area contributed by atoms with E-state index in [0.29, 0.717) is 5.39 Å². The highest BCUT2D eigenvalue weighted by Crippen LogP contribution is 2.31. The standard InChI is InChI=1S/C18H21NO6S/c1-4-18(25-3,12(2)20)11-16(21)19-15-10-9-13-7-5-6-8-14(13)17(15)26(22,23)24/h5-10H,4,11H2,1-3H3,(H,19,21)(H,22,23,24). The van der Waals surface area contributed by atoms with Gasteiger partial charge >= 0.3 is 0 Å². The van der Waals surface area contributed by atoms with Crippen LogP contribution in [-0.4, -0.2) is 37.4 Å². The molecule has 2 rings (SSSR count). The van der Waals surface area contributed by atoms with Gasteiger partial charge in [-0.1, -0.05) is 37.3 Å². The first-order chi connectivity index (χ1) is 12.1. The van der Waals surface area contributed by atoms with Crippen LogP contribution < -0.4 is 5.32 Å². The molecule has 0 aromatic heterocycles. The maximum Gasteiger partial charge on any atom is 0.297 e. The molecule has 0 aliphatic rings. The second-order valence-electron chi connectivity index (χ2n) is 5.97. The van der Waals surface area contributed by atoms with Crippen LogP contribution in [0.1, 0.15) is 26.7 Å². The fourth-order valence-corrected chi connectivity index (χ4v) is 3.79. The molecule has 0 bridgehead atoms. The van der Waals surface area contributed by atoms with Crippen molar-refractivity contribution in [3.05, 3.63) is 36.4 Å². The molecule has 2 N–H and O–H groups in total. The van der Waals surface area contributed by atoms with Crippen molar-refractivity contribution < 1.29 is 27.3 Å². The Morgan fingerprint density at radius 1 is 1.19 bits per heavy atom. The summed E-state index contributed by atoms with van der Waals surface area (Å²) in [5, 5.41) is 3.36. The van der Waals surface area contributed by atoms with Crippen molar-refractivity contribution in [3.63, 3.8) is 0 Å². The Morgan fingerprint density at radius 2 is 1.85 bits per heavy atom. The third-order valence-electron chi connectivity index (χ3n) is 4.46. The Bertz CT molecular complexity index is 947. The molecular weight excluding hydrogens is 358 g/mol. The zero-order valence-electron chi connectivity index (χ0n) is 14.8. The van der Waals surface area contributed by atoms with Crippen LogP contribution in [0.3, 0.4) is 0 Å². The molecule has 1 atom stereocenters. The lowest BCUT2D eigenvalue weighted by Gasteiger charge is -2.27. The average Bonchev–Trinajstić information content (AvgIpc) is 2.58. The summed E-state index contributed by atoms with van der Waals surface area (Å²) in [6, 6.07) is 9.62. The van der Waals surface area contributed by atoms with E-state index in [0.717, 1.165) is 0 Å². The van der Waals surface area contributed by atoms with Crippen LogP contribution in [0.4, 0.5) is 5.69 Å². The number of rotatable bonds is 7. The zero-order chi connectivity index (χ0) is 19.5. The maximum atomic E-state index is 12.4. The van der Waals surface area contributed by atoms with Crippen molar-refractivity contribution in [3.8, 4) is 0 Å². The molecule has 0 aliphatic carbocycles. The highest BCUT2D eigenvalue weighted by atomic mass is 32.2. The van der Waals surface area contributed by atoms with Crippen molar-refractivity contribution in [1.82, 2.24) is 0 Å². The van der Waals surface area contributed by atoms with E-state index in [1.807, 2.05) is 0 Å². The number of benzene rings is 2. The van der Waals surface area contributed by atoms with Crippen LogP contribution in [0.25, 0.3) is 10.8 Å². The summed E-state index contributed by atoms with van der Waals surface area (Å²) in [6.07, 6.45) is 0.0161. The second-order valence-corrected chi connectivity index (χ2v) is 7.33. The molecule has 26 heavy (non-hydrogen) atoms. The summed E-state index contributed by atoms with van der Waals surface area (Å²) in [5.74, 6) is -0.893. The summed E-state index contributed by atoms with van der Waals surface area (Å²) in [4.78, 5) is 23.9. The minimum Gasteiger partial charge on any atom is -0.370 e. The number of carbonyl (C=O) groups excluding carboxylic acids is 2. The monoisotopic (exact) mass is 379 g/mol. The van der Waals surface area contributed by atoms with Crippen molar-refractivity contribution in [2.24, 2.45) is 0 Å². The molecule has 0 spiro atoms. The van der Waals surface area contributed by atoms with Gasteiger partial charge in [0.2, 0.25) is 5.91 Å². The number of nitrogens with one attached hydrogen (secondary N) is 1. The van der Waals surface area contributed by atoms with Gasteiger partial charge in [0.25, 0.3) is 10.1 Å². The lowest BCUT2D eigenvalue weighted by molar-refractivity contribution is -0.144. The third-order valence-corrected chi connectivity index (χ3v) is 5.42. The Hall–Kier alpha value is -2.29. The Labute approximate surface area is 152 Å². The Morgan fingerprint density at radius 3 is 2.38 bits per heavy atom. The molecule has 0 fully saturated rings. The van der Waals surface area contributed by atoms with Crippen LogP contribution >= 0.6 is 0 Å². The lowest BCUT2D eigenvalue weighted by atomic mass is 9.91. The number of carbonyl (C=O) groups is 2. The van der Waals surface area contributed by atoms with E-state index in [1.165, 1.54) is 26.2 Å². The van der Waals surface area contributed by atoms with Crippen molar-refractivity contribution in [2.45, 2.75) is 37.2 Å². The highest BCUT2D eigenvalue weighted by molar-refractivity contribution is 7.86. The molecule has 8 heteroatoms. The lowest BCUT2D eigenvalue weighted by Crippen LogP contribution is -2.42. The van der Waals surface area contributed by atoms with Crippen molar-refractivity contribution >= 4 is 38.3 Å². The molecule has 7 nitrogen and oxygen atoms in total. The van der Waals surface area contributed by atoms with Gasteiger partial charge in [-0.15, -0.1) is 0 Å². The number of anilines is 1. The van der Waals surface area contributed by atoms with E-state index in [2.05, 4.69) is 5.32 Å². The molecule has 0 aliphatic heterocycles. The largest absolute Gasteiger partial charge is 0.370 e. The molecule has 2 aromatic carbocycles. The van der Waals surface area contributed by atoms with Gasteiger partial charge in [-0.2, -0.15) is 8.42 Å². The van der Waals surface area contributed by atoms with Gasteiger partial charge in [-0.3, -0.25) is 14.1 Å². The van der Waals surface area contributed by atoms with Gasteiger partial charge in [0.15, 0.2) is 5.78 Å². The van der Waals surface area contributed by atoms with Crippen LogP contribution in [0.2, 0.25) is 0 Å². The summed E-state index contributed by atoms with van der Waals surface area (Å²) < 4.78 is 38.6. The number of hydrogen-bond donors (Lipinski definition) is 2. The van der Waals surface area contributed by atoms with Gasteiger partial charge in [0, 0.05) is 12.5 Å². The number of ether oxygens (including phenoxy) is 1. The Balaban J connectivity index is 2.45. The predicted molar refractivity (Wildman–Crippen MR) is 97.7 cm³/mol. The zero-order valence-corrected chi connectivity index (χ0v) is 15.6. The topological polar surface area (TPSA) is 110 Å². The average molecular weight is 379 g/mol. The van der Waals surface area contributed by atoms with Gasteiger partial charge in [-0.25, -0.2) is 0 Å². The van der Waals surface area contributed by atoms with Crippen LogP contribution in [0.5, 0.6) is 0 Å². The first-order valence-electron chi connectivity index (χ1n) is 8.00. The minimum atomic E-state index is -4.59. The fourth-order valence-electron chi connectivity index (χ4n) is 2.93. The van der Waals surface area contributed by atoms with Crippen LogP contribution in [-0.2, 0) is 24.4 Å². The van der Waals surface area contributed by atoms with Gasteiger partial charge in [0.1, 0.15) is 10.5 Å². The molecule has 1 amide bonds. The number of hydrogen-bond acceptors (Lipinski definition) is 5. The fraction of sp³-hybridized carbons (Fsp3) is 0.333. The number of fused-ring (bicyclic) bond motifs is 1. The van der Waals surface area contributed by atoms with E-state index in [9.17, 15) is 22.6 Å². The molecule has 0 saturated heterocycles. The van der Waals surface area contributed by atoms with E-state index < -0.39 is 21.6 Å². The van der Waals surface area contributed by atoms with E-state index in [-0.39, 0.29) is 34.6 Å². The summed E-state index contributed by atoms with van der Waals surface area (Å²) in [7, 11) is -3.24. The van der Waals surface area contributed by atoms with E-state index in [1.54, 1.807) is 31.2 Å². The highest BCUT2D eigenvalue weighted by Gasteiger charge is 2.36. The number of ketones is 1. The van der Waals surface area contributed by atoms with Gasteiger partial charge < -0.3 is 10.1 Å². The SMILES string of the molecule is CCC(CC(=O)Nc1ccc2ccccc2c1S(=O)(=O)O)(OC)C(C)=O. The maximum absolute atomic E-state index is 12.4. The quantitative estimate of drug-likeness (QED) is 0.716. The van der Waals surface area contributed by atoms with E-state index >= 15 is 0 Å². The molecule has 1 unspecified atom stereocenters. The van der Waals surface area contributed by atoms with Crippen molar-refractivity contribution in [1.29, 1.82) is 0 Å². The van der Waals surface area contributed by atoms with Gasteiger partial charge in [-0.05, 0) is 24.8 Å². The second kappa shape index (κ2) is 7.53. The molecular formula is C18H21NO6S. The molecule has 0 heterocycles. The smallest absolute Gasteiger partial charge is 0.297 e. The molecule has 140 valence electrons. The predicted octanol–water partition coefficient (Wildman–Crippen LogP) is 2.80.